The van der Waals surface area contributed by atoms with Gasteiger partial charge in [0.05, 0.1) is 24.3 Å². The van der Waals surface area contributed by atoms with Gasteiger partial charge in [-0.3, -0.25) is 9.78 Å². The van der Waals surface area contributed by atoms with Crippen molar-refractivity contribution < 1.29 is 4.79 Å². The summed E-state index contributed by atoms with van der Waals surface area (Å²) in [5.41, 5.74) is 7.84. The number of benzene rings is 1. The van der Waals surface area contributed by atoms with Gasteiger partial charge in [-0.2, -0.15) is 0 Å². The molecule has 1 unspecified atom stereocenters. The highest BCUT2D eigenvalue weighted by Crippen LogP contribution is 2.16. The lowest BCUT2D eigenvalue weighted by Crippen LogP contribution is -2.28. The number of aromatic nitrogens is 1. The number of amides is 1. The van der Waals surface area contributed by atoms with Gasteiger partial charge in [0.15, 0.2) is 0 Å². The number of nitrogens with two attached hydrogens (primary N) is 1. The van der Waals surface area contributed by atoms with Gasteiger partial charge in [-0.15, -0.1) is 0 Å². The van der Waals surface area contributed by atoms with Crippen LogP contribution in [0.3, 0.4) is 0 Å². The molecule has 0 aliphatic carbocycles. The first-order valence-electron chi connectivity index (χ1n) is 6.30. The summed E-state index contributed by atoms with van der Waals surface area (Å²) in [6.07, 6.45) is 1.78. The summed E-state index contributed by atoms with van der Waals surface area (Å²) in [5, 5.41) is 3.60. The van der Waals surface area contributed by atoms with Crippen molar-refractivity contribution in [3.8, 4) is 0 Å². The summed E-state index contributed by atoms with van der Waals surface area (Å²) < 4.78 is 0. The van der Waals surface area contributed by atoms with Crippen LogP contribution < -0.4 is 11.1 Å². The summed E-state index contributed by atoms with van der Waals surface area (Å²) in [4.78, 5) is 16.0. The molecule has 2 rings (SSSR count). The third-order valence-electron chi connectivity index (χ3n) is 2.94. The second-order valence-electron chi connectivity index (χ2n) is 4.60. The van der Waals surface area contributed by atoms with Gasteiger partial charge in [-0.1, -0.05) is 23.7 Å². The van der Waals surface area contributed by atoms with Crippen LogP contribution in [0.1, 0.15) is 24.2 Å². The minimum absolute atomic E-state index is 0.0754. The van der Waals surface area contributed by atoms with E-state index in [1.807, 2.05) is 19.1 Å². The summed E-state index contributed by atoms with van der Waals surface area (Å²) in [5.74, 6) is -0.0790. The molecule has 0 spiro atoms. The average molecular weight is 290 g/mol. The van der Waals surface area contributed by atoms with Gasteiger partial charge in [0.2, 0.25) is 5.91 Å². The van der Waals surface area contributed by atoms with Crippen molar-refractivity contribution in [3.05, 3.63) is 58.9 Å². The fraction of sp³-hybridized carbons (Fsp3) is 0.200. The number of rotatable bonds is 4. The SMILES string of the molecule is CC(NC(=O)Cc1ccc(N)cn1)c1ccc(Cl)cc1. The third kappa shape index (κ3) is 3.96. The van der Waals surface area contributed by atoms with Gasteiger partial charge in [-0.25, -0.2) is 0 Å². The van der Waals surface area contributed by atoms with E-state index in [9.17, 15) is 4.79 Å². The molecule has 0 aliphatic rings. The molecule has 1 aromatic carbocycles. The fourth-order valence-corrected chi connectivity index (χ4v) is 1.96. The number of carbonyl (C=O) groups excluding carboxylic acids is 1. The lowest BCUT2D eigenvalue weighted by Gasteiger charge is -2.14. The Morgan fingerprint density at radius 3 is 2.60 bits per heavy atom. The number of nitrogens with one attached hydrogen (secondary N) is 1. The number of pyridine rings is 1. The van der Waals surface area contributed by atoms with E-state index >= 15 is 0 Å². The standard InChI is InChI=1S/C15H16ClN3O/c1-10(11-2-4-12(16)5-3-11)19-15(20)8-14-7-6-13(17)9-18-14/h2-7,9-10H,8,17H2,1H3,(H,19,20). The maximum atomic E-state index is 11.9. The molecular formula is C15H16ClN3O. The van der Waals surface area contributed by atoms with Gasteiger partial charge >= 0.3 is 0 Å². The Bertz CT molecular complexity index is 581. The number of nitrogen functional groups attached to an aromatic ring is 1. The molecule has 3 N–H and O–H groups in total. The largest absolute Gasteiger partial charge is 0.397 e. The molecule has 104 valence electrons. The Morgan fingerprint density at radius 1 is 1.30 bits per heavy atom. The molecule has 0 radical (unpaired) electrons. The topological polar surface area (TPSA) is 68.0 Å². The molecule has 0 aliphatic heterocycles. The van der Waals surface area contributed by atoms with Crippen LogP contribution in [-0.2, 0) is 11.2 Å². The van der Waals surface area contributed by atoms with Crippen LogP contribution >= 0.6 is 11.6 Å². The van der Waals surface area contributed by atoms with E-state index in [0.29, 0.717) is 16.4 Å². The smallest absolute Gasteiger partial charge is 0.226 e. The number of nitrogens with zero attached hydrogens (tertiary/aromatic N) is 1. The Balaban J connectivity index is 1.93. The number of carbonyl (C=O) groups is 1. The van der Waals surface area contributed by atoms with Gasteiger partial charge in [-0.05, 0) is 36.8 Å². The van der Waals surface area contributed by atoms with E-state index in [1.165, 1.54) is 0 Å². The maximum Gasteiger partial charge on any atom is 0.226 e. The highest BCUT2D eigenvalue weighted by atomic mass is 35.5. The van der Waals surface area contributed by atoms with Crippen molar-refractivity contribution >= 4 is 23.2 Å². The third-order valence-corrected chi connectivity index (χ3v) is 3.19. The fourth-order valence-electron chi connectivity index (χ4n) is 1.83. The predicted molar refractivity (Wildman–Crippen MR) is 80.4 cm³/mol. The zero-order chi connectivity index (χ0) is 14.5. The first-order chi connectivity index (χ1) is 9.54. The van der Waals surface area contributed by atoms with Crippen LogP contribution in [-0.4, -0.2) is 10.9 Å². The molecular weight excluding hydrogens is 274 g/mol. The second-order valence-corrected chi connectivity index (χ2v) is 5.04. The number of hydrogen-bond donors (Lipinski definition) is 2. The minimum atomic E-state index is -0.0790. The van der Waals surface area contributed by atoms with Gasteiger partial charge < -0.3 is 11.1 Å². The van der Waals surface area contributed by atoms with E-state index in [4.69, 9.17) is 17.3 Å². The van der Waals surface area contributed by atoms with Crippen LogP contribution in [0.4, 0.5) is 5.69 Å². The second kappa shape index (κ2) is 6.39. The lowest BCUT2D eigenvalue weighted by atomic mass is 10.1. The van der Waals surface area contributed by atoms with Crippen LogP contribution in [0.15, 0.2) is 42.6 Å². The van der Waals surface area contributed by atoms with E-state index in [1.54, 1.807) is 30.5 Å². The predicted octanol–water partition coefficient (Wildman–Crippen LogP) is 2.74. The Kier molecular flexibility index (Phi) is 4.58. The Morgan fingerprint density at radius 2 is 2.00 bits per heavy atom. The quantitative estimate of drug-likeness (QED) is 0.909. The van der Waals surface area contributed by atoms with E-state index in [0.717, 1.165) is 5.56 Å². The van der Waals surface area contributed by atoms with Crippen LogP contribution in [0.2, 0.25) is 5.02 Å². The van der Waals surface area contributed by atoms with Crippen LogP contribution in [0, 0.1) is 0 Å². The van der Waals surface area contributed by atoms with Crippen LogP contribution in [0.5, 0.6) is 0 Å². The number of anilines is 1. The molecule has 0 fully saturated rings. The summed E-state index contributed by atoms with van der Waals surface area (Å²) >= 11 is 5.84. The molecule has 20 heavy (non-hydrogen) atoms. The molecule has 0 saturated heterocycles. The zero-order valence-electron chi connectivity index (χ0n) is 11.1. The van der Waals surface area contributed by atoms with Crippen molar-refractivity contribution in [1.82, 2.24) is 10.3 Å². The monoisotopic (exact) mass is 289 g/mol. The van der Waals surface area contributed by atoms with Crippen LogP contribution in [0.25, 0.3) is 0 Å². The minimum Gasteiger partial charge on any atom is -0.397 e. The molecule has 1 aromatic heterocycles. The van der Waals surface area contributed by atoms with Gasteiger partial charge in [0.1, 0.15) is 0 Å². The maximum absolute atomic E-state index is 11.9. The molecule has 4 nitrogen and oxygen atoms in total. The van der Waals surface area contributed by atoms with Crippen molar-refractivity contribution in [2.24, 2.45) is 0 Å². The Hall–Kier alpha value is -2.07. The molecule has 2 aromatic rings. The molecule has 0 bridgehead atoms. The lowest BCUT2D eigenvalue weighted by molar-refractivity contribution is -0.121. The summed E-state index contributed by atoms with van der Waals surface area (Å²) in [6.45, 7) is 1.93. The summed E-state index contributed by atoms with van der Waals surface area (Å²) in [6, 6.07) is 10.8. The van der Waals surface area contributed by atoms with Crippen molar-refractivity contribution in [1.29, 1.82) is 0 Å². The molecule has 0 saturated carbocycles. The van der Waals surface area contributed by atoms with Crippen molar-refractivity contribution in [3.63, 3.8) is 0 Å². The molecule has 1 heterocycles. The van der Waals surface area contributed by atoms with E-state index < -0.39 is 0 Å². The normalized spacial score (nSPS) is 11.9. The molecule has 1 atom stereocenters. The highest BCUT2D eigenvalue weighted by Gasteiger charge is 2.10. The van der Waals surface area contributed by atoms with Crippen molar-refractivity contribution in [2.45, 2.75) is 19.4 Å². The number of halogens is 1. The van der Waals surface area contributed by atoms with Gasteiger partial charge in [0.25, 0.3) is 0 Å². The molecule has 1 amide bonds. The molecule has 5 heteroatoms. The highest BCUT2D eigenvalue weighted by molar-refractivity contribution is 6.30. The van der Waals surface area contributed by atoms with Crippen molar-refractivity contribution in [2.75, 3.05) is 5.73 Å². The average Bonchev–Trinajstić information content (AvgIpc) is 2.42. The van der Waals surface area contributed by atoms with E-state index in [-0.39, 0.29) is 18.4 Å². The van der Waals surface area contributed by atoms with Gasteiger partial charge in [0, 0.05) is 10.7 Å². The number of hydrogen-bond acceptors (Lipinski definition) is 3. The van der Waals surface area contributed by atoms with E-state index in [2.05, 4.69) is 10.3 Å². The Labute approximate surface area is 123 Å². The first kappa shape index (κ1) is 14.3. The zero-order valence-corrected chi connectivity index (χ0v) is 11.9. The summed E-state index contributed by atoms with van der Waals surface area (Å²) in [7, 11) is 0. The first-order valence-corrected chi connectivity index (χ1v) is 6.67.